The molecule has 1 aromatic carbocycles. The van der Waals surface area contributed by atoms with Crippen molar-refractivity contribution >= 4 is 11.8 Å². The quantitative estimate of drug-likeness (QED) is 0.847. The third-order valence-corrected chi connectivity index (χ3v) is 3.22. The van der Waals surface area contributed by atoms with Crippen molar-refractivity contribution in [2.75, 3.05) is 6.61 Å². The van der Waals surface area contributed by atoms with Gasteiger partial charge in [-0.3, -0.25) is 9.59 Å². The van der Waals surface area contributed by atoms with Crippen LogP contribution < -0.4 is 0 Å². The van der Waals surface area contributed by atoms with Gasteiger partial charge in [0.05, 0.1) is 6.61 Å². The van der Waals surface area contributed by atoms with E-state index in [1.54, 1.807) is 6.92 Å². The lowest BCUT2D eigenvalue weighted by Gasteiger charge is -2.27. The van der Waals surface area contributed by atoms with Gasteiger partial charge < -0.3 is 9.84 Å². The summed E-state index contributed by atoms with van der Waals surface area (Å²) in [5.74, 6) is -2.02. The molecule has 4 heteroatoms. The van der Waals surface area contributed by atoms with E-state index in [1.807, 2.05) is 30.3 Å². The van der Waals surface area contributed by atoms with Crippen LogP contribution in [-0.4, -0.2) is 23.5 Å². The number of aliphatic hydroxyl groups is 1. The Balaban J connectivity index is 2.36. The average molecular weight is 260 g/mol. The first-order valence-electron chi connectivity index (χ1n) is 6.28. The largest absolute Gasteiger partial charge is 0.511 e. The summed E-state index contributed by atoms with van der Waals surface area (Å²) in [5.41, 5.74) is 0.855. The SMILES string of the molecule is CCOC(=O)[C@@H]1C(O)=CC(=O)C[C@H]1c1ccccc1. The lowest BCUT2D eigenvalue weighted by atomic mass is 9.77. The summed E-state index contributed by atoms with van der Waals surface area (Å²) < 4.78 is 4.99. The molecular weight excluding hydrogens is 244 g/mol. The maximum atomic E-state index is 12.0. The van der Waals surface area contributed by atoms with Crippen molar-refractivity contribution in [3.05, 3.63) is 47.7 Å². The first-order chi connectivity index (χ1) is 9.13. The van der Waals surface area contributed by atoms with E-state index in [0.29, 0.717) is 0 Å². The standard InChI is InChI=1S/C15H16O4/c1-2-19-15(18)14-12(8-11(16)9-13(14)17)10-6-4-3-5-7-10/h3-7,9,12,14,17H,2,8H2,1H3/t12-,14-/m0/s1. The van der Waals surface area contributed by atoms with Gasteiger partial charge in [0.15, 0.2) is 5.78 Å². The van der Waals surface area contributed by atoms with Crippen LogP contribution in [0.3, 0.4) is 0 Å². The highest BCUT2D eigenvalue weighted by Crippen LogP contribution is 2.36. The highest BCUT2D eigenvalue weighted by atomic mass is 16.5. The van der Waals surface area contributed by atoms with Gasteiger partial charge in [0.2, 0.25) is 0 Å². The monoisotopic (exact) mass is 260 g/mol. The van der Waals surface area contributed by atoms with Gasteiger partial charge >= 0.3 is 5.97 Å². The Morgan fingerprint density at radius 2 is 2.05 bits per heavy atom. The van der Waals surface area contributed by atoms with Gasteiger partial charge in [-0.05, 0) is 12.5 Å². The number of ketones is 1. The number of ether oxygens (including phenoxy) is 1. The first-order valence-corrected chi connectivity index (χ1v) is 6.28. The van der Waals surface area contributed by atoms with Crippen LogP contribution >= 0.6 is 0 Å². The predicted molar refractivity (Wildman–Crippen MR) is 69.6 cm³/mol. The van der Waals surface area contributed by atoms with E-state index in [-0.39, 0.29) is 30.5 Å². The Kier molecular flexibility index (Phi) is 4.00. The van der Waals surface area contributed by atoms with E-state index in [1.165, 1.54) is 0 Å². The molecule has 0 aliphatic heterocycles. The molecule has 0 heterocycles. The number of allylic oxidation sites excluding steroid dienone is 1. The van der Waals surface area contributed by atoms with E-state index in [2.05, 4.69) is 0 Å². The molecule has 2 atom stereocenters. The summed E-state index contributed by atoms with van der Waals surface area (Å²) in [7, 11) is 0. The second-order valence-electron chi connectivity index (χ2n) is 4.49. The molecule has 0 saturated carbocycles. The number of rotatable bonds is 3. The third-order valence-electron chi connectivity index (χ3n) is 3.22. The zero-order valence-electron chi connectivity index (χ0n) is 10.7. The Morgan fingerprint density at radius 3 is 2.68 bits per heavy atom. The van der Waals surface area contributed by atoms with Crippen LogP contribution in [0.1, 0.15) is 24.8 Å². The number of hydrogen-bond acceptors (Lipinski definition) is 4. The summed E-state index contributed by atoms with van der Waals surface area (Å²) in [6.07, 6.45) is 1.33. The van der Waals surface area contributed by atoms with Crippen LogP contribution in [0.4, 0.5) is 0 Å². The van der Waals surface area contributed by atoms with Crippen LogP contribution in [-0.2, 0) is 14.3 Å². The van der Waals surface area contributed by atoms with Crippen LogP contribution in [0.2, 0.25) is 0 Å². The summed E-state index contributed by atoms with van der Waals surface area (Å²) >= 11 is 0. The molecule has 0 bridgehead atoms. The van der Waals surface area contributed by atoms with Crippen molar-refractivity contribution in [2.45, 2.75) is 19.3 Å². The van der Waals surface area contributed by atoms with Crippen molar-refractivity contribution in [3.63, 3.8) is 0 Å². The fraction of sp³-hybridized carbons (Fsp3) is 0.333. The molecular formula is C15H16O4. The Bertz CT molecular complexity index is 504. The smallest absolute Gasteiger partial charge is 0.317 e. The highest BCUT2D eigenvalue weighted by Gasteiger charge is 2.38. The fourth-order valence-electron chi connectivity index (χ4n) is 2.38. The van der Waals surface area contributed by atoms with Crippen LogP contribution in [0, 0.1) is 5.92 Å². The molecule has 0 amide bonds. The maximum Gasteiger partial charge on any atom is 0.317 e. The molecule has 0 aromatic heterocycles. The molecule has 1 aliphatic carbocycles. The van der Waals surface area contributed by atoms with Gasteiger partial charge in [-0.1, -0.05) is 30.3 Å². The Morgan fingerprint density at radius 1 is 1.37 bits per heavy atom. The lowest BCUT2D eigenvalue weighted by Crippen LogP contribution is -2.31. The second-order valence-corrected chi connectivity index (χ2v) is 4.49. The molecule has 1 aliphatic rings. The van der Waals surface area contributed by atoms with Crippen LogP contribution in [0.25, 0.3) is 0 Å². The number of hydrogen-bond donors (Lipinski definition) is 1. The zero-order valence-corrected chi connectivity index (χ0v) is 10.7. The fourth-order valence-corrected chi connectivity index (χ4v) is 2.38. The molecule has 1 N–H and O–H groups in total. The lowest BCUT2D eigenvalue weighted by molar-refractivity contribution is -0.148. The van der Waals surface area contributed by atoms with Gasteiger partial charge in [0.25, 0.3) is 0 Å². The second kappa shape index (κ2) is 5.69. The number of esters is 1. The minimum Gasteiger partial charge on any atom is -0.511 e. The minimum absolute atomic E-state index is 0.174. The highest BCUT2D eigenvalue weighted by molar-refractivity contribution is 5.94. The number of carbonyl (C=O) groups is 2. The van der Waals surface area contributed by atoms with Gasteiger partial charge in [-0.2, -0.15) is 0 Å². The predicted octanol–water partition coefficient (Wildman–Crippen LogP) is 2.36. The van der Waals surface area contributed by atoms with Crippen molar-refractivity contribution in [1.82, 2.24) is 0 Å². The summed E-state index contributed by atoms with van der Waals surface area (Å²) in [6.45, 7) is 1.96. The van der Waals surface area contributed by atoms with Crippen molar-refractivity contribution < 1.29 is 19.4 Å². The average Bonchev–Trinajstić information content (AvgIpc) is 2.39. The van der Waals surface area contributed by atoms with E-state index < -0.39 is 11.9 Å². The van der Waals surface area contributed by atoms with Gasteiger partial charge in [0, 0.05) is 18.4 Å². The van der Waals surface area contributed by atoms with E-state index in [4.69, 9.17) is 4.74 Å². The van der Waals surface area contributed by atoms with Crippen molar-refractivity contribution in [1.29, 1.82) is 0 Å². The molecule has 2 rings (SSSR count). The molecule has 1 aromatic rings. The van der Waals surface area contributed by atoms with Crippen LogP contribution in [0.5, 0.6) is 0 Å². The molecule has 100 valence electrons. The van der Waals surface area contributed by atoms with E-state index in [0.717, 1.165) is 11.6 Å². The van der Waals surface area contributed by atoms with Gasteiger partial charge in [0.1, 0.15) is 11.7 Å². The molecule has 4 nitrogen and oxygen atoms in total. The van der Waals surface area contributed by atoms with Gasteiger partial charge in [-0.15, -0.1) is 0 Å². The van der Waals surface area contributed by atoms with E-state index >= 15 is 0 Å². The van der Waals surface area contributed by atoms with Gasteiger partial charge in [-0.25, -0.2) is 0 Å². The van der Waals surface area contributed by atoms with E-state index in [9.17, 15) is 14.7 Å². The summed E-state index contributed by atoms with van der Waals surface area (Å²) in [5, 5.41) is 9.91. The van der Waals surface area contributed by atoms with Crippen molar-refractivity contribution in [2.24, 2.45) is 5.92 Å². The van der Waals surface area contributed by atoms with Crippen molar-refractivity contribution in [3.8, 4) is 0 Å². The third kappa shape index (κ3) is 2.84. The normalized spacial score (nSPS) is 22.8. The zero-order chi connectivity index (χ0) is 13.8. The topological polar surface area (TPSA) is 63.6 Å². The molecule has 19 heavy (non-hydrogen) atoms. The molecule has 0 saturated heterocycles. The molecule has 0 radical (unpaired) electrons. The minimum atomic E-state index is -0.792. The summed E-state index contributed by atoms with van der Waals surface area (Å²) in [6, 6.07) is 9.25. The molecule has 0 fully saturated rings. The number of benzene rings is 1. The maximum absolute atomic E-state index is 12.0. The van der Waals surface area contributed by atoms with Crippen LogP contribution in [0.15, 0.2) is 42.2 Å². The molecule has 0 spiro atoms. The molecule has 0 unspecified atom stereocenters. The summed E-state index contributed by atoms with van der Waals surface area (Å²) in [4.78, 5) is 23.6. The Hall–Kier alpha value is -2.10. The number of aliphatic hydroxyl groups excluding tert-OH is 1. The first kappa shape index (κ1) is 13.3. The number of carbonyl (C=O) groups excluding carboxylic acids is 2. The Labute approximate surface area is 111 Å².